The minimum Gasteiger partial charge on any atom is -0.508 e. The van der Waals surface area contributed by atoms with E-state index in [1.54, 1.807) is 18.2 Å². The number of imide groups is 1. The van der Waals surface area contributed by atoms with E-state index in [4.69, 9.17) is 16.3 Å². The first-order valence-corrected chi connectivity index (χ1v) is 13.9. The number of ether oxygens (including phenoxy) is 1. The van der Waals surface area contributed by atoms with Crippen LogP contribution in [-0.4, -0.2) is 27.8 Å². The van der Waals surface area contributed by atoms with Gasteiger partial charge in [-0.2, -0.15) is 0 Å². The molecule has 7 nitrogen and oxygen atoms in total. The van der Waals surface area contributed by atoms with E-state index in [2.05, 4.69) is 5.32 Å². The molecule has 1 saturated carbocycles. The van der Waals surface area contributed by atoms with E-state index in [0.29, 0.717) is 35.5 Å². The lowest BCUT2D eigenvalue weighted by atomic mass is 9.63. The van der Waals surface area contributed by atoms with Crippen LogP contribution in [0.2, 0.25) is 5.02 Å². The number of aliphatic hydroxyl groups is 1. The summed E-state index contributed by atoms with van der Waals surface area (Å²) in [5.74, 6) is -4.06. The fourth-order valence-corrected chi connectivity index (χ4v) is 7.06. The molecule has 0 unspecified atom stereocenters. The van der Waals surface area contributed by atoms with E-state index in [-0.39, 0.29) is 23.5 Å². The highest BCUT2D eigenvalue weighted by molar-refractivity contribution is 6.31. The van der Waals surface area contributed by atoms with Crippen molar-refractivity contribution in [3.05, 3.63) is 83.4 Å². The Bertz CT molecular complexity index is 1400. The summed E-state index contributed by atoms with van der Waals surface area (Å²) >= 11 is 6.42. The van der Waals surface area contributed by atoms with E-state index in [0.717, 1.165) is 17.8 Å². The fourth-order valence-electron chi connectivity index (χ4n) is 6.77. The largest absolute Gasteiger partial charge is 0.508 e. The van der Waals surface area contributed by atoms with Crippen LogP contribution in [-0.2, 0) is 14.3 Å². The fraction of sp³-hybridized carbons (Fsp3) is 0.355. The van der Waals surface area contributed by atoms with Gasteiger partial charge in [0.2, 0.25) is 11.8 Å². The minimum atomic E-state index is -1.54. The number of para-hydroxylation sites is 1. The molecule has 0 aromatic heterocycles. The van der Waals surface area contributed by atoms with Gasteiger partial charge < -0.3 is 20.3 Å². The van der Waals surface area contributed by atoms with Crippen molar-refractivity contribution in [3.8, 4) is 5.75 Å². The highest BCUT2D eigenvalue weighted by atomic mass is 35.5. The lowest BCUT2D eigenvalue weighted by Crippen LogP contribution is -2.53. The van der Waals surface area contributed by atoms with Gasteiger partial charge in [0.25, 0.3) is 0 Å². The van der Waals surface area contributed by atoms with Gasteiger partial charge in [0.15, 0.2) is 5.79 Å². The van der Waals surface area contributed by atoms with Gasteiger partial charge in [-0.25, -0.2) is 0 Å². The average molecular weight is 547 g/mol. The number of hydrogen-bond donors (Lipinski definition) is 3. The molecule has 0 spiro atoms. The molecule has 3 N–H and O–H groups in total. The number of phenols is 1. The van der Waals surface area contributed by atoms with Crippen molar-refractivity contribution in [2.45, 2.75) is 44.5 Å². The number of anilines is 3. The third-order valence-electron chi connectivity index (χ3n) is 8.52. The quantitative estimate of drug-likeness (QED) is 0.319. The van der Waals surface area contributed by atoms with Crippen LogP contribution in [0.15, 0.2) is 72.8 Å². The molecule has 2 amide bonds. The lowest BCUT2D eigenvalue weighted by molar-refractivity contribution is -0.270. The molecule has 6 rings (SSSR count). The highest BCUT2D eigenvalue weighted by Crippen LogP contribution is 2.59. The second-order valence-corrected chi connectivity index (χ2v) is 11.2. The molecule has 6 atom stereocenters. The Hall–Kier alpha value is -3.39. The van der Waals surface area contributed by atoms with Gasteiger partial charge in [0.05, 0.1) is 28.6 Å². The Balaban J connectivity index is 1.29. The zero-order valence-electron chi connectivity index (χ0n) is 21.6. The lowest BCUT2D eigenvalue weighted by Gasteiger charge is -2.44. The third kappa shape index (κ3) is 4.39. The monoisotopic (exact) mass is 546 g/mol. The number of amides is 2. The summed E-state index contributed by atoms with van der Waals surface area (Å²) in [5.41, 5.74) is 2.96. The van der Waals surface area contributed by atoms with Crippen LogP contribution in [0.3, 0.4) is 0 Å². The van der Waals surface area contributed by atoms with Crippen LogP contribution in [0.4, 0.5) is 17.1 Å². The number of hydrogen-bond acceptors (Lipinski definition) is 6. The molecule has 0 bridgehead atoms. The summed E-state index contributed by atoms with van der Waals surface area (Å²) < 4.78 is 6.33. The van der Waals surface area contributed by atoms with Crippen molar-refractivity contribution in [3.63, 3.8) is 0 Å². The number of carbonyl (C=O) groups is 2. The van der Waals surface area contributed by atoms with Crippen molar-refractivity contribution in [2.24, 2.45) is 23.7 Å². The first-order valence-electron chi connectivity index (χ1n) is 13.5. The van der Waals surface area contributed by atoms with Gasteiger partial charge in [0, 0.05) is 23.2 Å². The predicted octanol–water partition coefficient (Wildman–Crippen LogP) is 6.18. The summed E-state index contributed by atoms with van der Waals surface area (Å²) in [7, 11) is 0. The van der Waals surface area contributed by atoms with Gasteiger partial charge in [-0.1, -0.05) is 49.2 Å². The third-order valence-corrected chi connectivity index (χ3v) is 8.85. The van der Waals surface area contributed by atoms with Gasteiger partial charge >= 0.3 is 0 Å². The van der Waals surface area contributed by atoms with Gasteiger partial charge in [0.1, 0.15) is 5.75 Å². The molecule has 0 radical (unpaired) electrons. The summed E-state index contributed by atoms with van der Waals surface area (Å²) in [5, 5.41) is 25.4. The Kier molecular flexibility index (Phi) is 6.61. The number of nitrogens with one attached hydrogen (secondary N) is 1. The summed E-state index contributed by atoms with van der Waals surface area (Å²) in [4.78, 5) is 28.9. The number of aromatic hydroxyl groups is 1. The summed E-state index contributed by atoms with van der Waals surface area (Å²) in [6.45, 7) is 2.03. The van der Waals surface area contributed by atoms with E-state index >= 15 is 0 Å². The number of carbonyl (C=O) groups excluding carboxylic acids is 2. The molecule has 3 fully saturated rings. The summed E-state index contributed by atoms with van der Waals surface area (Å²) in [6.07, 6.45) is 1.68. The van der Waals surface area contributed by atoms with Crippen molar-refractivity contribution >= 4 is 40.5 Å². The van der Waals surface area contributed by atoms with Gasteiger partial charge in [-0.05, 0) is 73.4 Å². The van der Waals surface area contributed by atoms with Crippen LogP contribution >= 0.6 is 11.6 Å². The first kappa shape index (κ1) is 25.9. The molecule has 2 heterocycles. The Morgan fingerprint density at radius 2 is 1.72 bits per heavy atom. The normalized spacial score (nSPS) is 29.8. The molecule has 8 heteroatoms. The SMILES string of the molecule is CCC[C@H]1C[C@@H]2C(=O)N(c3ccc(Nc4ccccc4)cc3)C(=O)[C@@H]2[C@@H]2C[C@@H](c3ccc(O)cc3Cl)O[C@]12O. The Labute approximate surface area is 232 Å². The van der Waals surface area contributed by atoms with Crippen molar-refractivity contribution < 1.29 is 24.5 Å². The van der Waals surface area contributed by atoms with Crippen LogP contribution in [0.25, 0.3) is 0 Å². The first-order chi connectivity index (χ1) is 18.8. The molecular weight excluding hydrogens is 516 g/mol. The molecule has 3 aromatic carbocycles. The number of halogens is 1. The van der Waals surface area contributed by atoms with Crippen molar-refractivity contribution in [2.75, 3.05) is 10.2 Å². The van der Waals surface area contributed by atoms with Crippen LogP contribution in [0.1, 0.15) is 44.3 Å². The van der Waals surface area contributed by atoms with Crippen LogP contribution in [0, 0.1) is 23.7 Å². The van der Waals surface area contributed by atoms with Crippen LogP contribution in [0.5, 0.6) is 5.75 Å². The maximum atomic E-state index is 13.9. The second kappa shape index (κ2) is 9.97. The number of rotatable bonds is 6. The zero-order valence-corrected chi connectivity index (χ0v) is 22.3. The van der Waals surface area contributed by atoms with Gasteiger partial charge in [-0.15, -0.1) is 0 Å². The molecule has 3 aliphatic rings. The molecule has 2 aliphatic heterocycles. The molecular formula is C31H31ClN2O5. The smallest absolute Gasteiger partial charge is 0.238 e. The molecule has 202 valence electrons. The number of benzene rings is 3. The van der Waals surface area contributed by atoms with E-state index in [9.17, 15) is 19.8 Å². The predicted molar refractivity (Wildman–Crippen MR) is 149 cm³/mol. The second-order valence-electron chi connectivity index (χ2n) is 10.8. The van der Waals surface area contributed by atoms with Gasteiger partial charge in [-0.3, -0.25) is 14.5 Å². The standard InChI is InChI=1S/C31H31ClN2O5/c1-2-6-18-15-24-28(25-17-27(39-31(18,25)38)23-14-13-22(35)16-26(23)32)30(37)34(29(24)36)21-11-9-20(10-12-21)33-19-7-4-3-5-8-19/h3-5,7-14,16,18,24-25,27-28,33,35,38H,2,6,15,17H2,1H3/t18-,24-,25-,27-,28-,31+/m0/s1. The molecule has 2 saturated heterocycles. The Morgan fingerprint density at radius 3 is 2.41 bits per heavy atom. The zero-order chi connectivity index (χ0) is 27.3. The van der Waals surface area contributed by atoms with E-state index < -0.39 is 29.6 Å². The topological polar surface area (TPSA) is 99.1 Å². The molecule has 39 heavy (non-hydrogen) atoms. The van der Waals surface area contributed by atoms with Crippen molar-refractivity contribution in [1.82, 2.24) is 0 Å². The minimum absolute atomic E-state index is 0.0407. The average Bonchev–Trinajstić information content (AvgIpc) is 3.39. The van der Waals surface area contributed by atoms with E-state index in [1.165, 1.54) is 17.0 Å². The summed E-state index contributed by atoms with van der Waals surface area (Å²) in [6, 6.07) is 21.7. The molecule has 3 aromatic rings. The maximum Gasteiger partial charge on any atom is 0.238 e. The number of nitrogens with zero attached hydrogens (tertiary/aromatic N) is 1. The highest BCUT2D eigenvalue weighted by Gasteiger charge is 2.66. The Morgan fingerprint density at radius 1 is 1.00 bits per heavy atom. The van der Waals surface area contributed by atoms with Crippen LogP contribution < -0.4 is 10.2 Å². The maximum absolute atomic E-state index is 13.9. The number of fused-ring (bicyclic) bond motifs is 3. The van der Waals surface area contributed by atoms with E-state index in [1.807, 2.05) is 49.4 Å². The van der Waals surface area contributed by atoms with Crippen molar-refractivity contribution in [1.29, 1.82) is 0 Å². The number of phenolic OH excluding ortho intramolecular Hbond substituents is 1. The molecule has 1 aliphatic carbocycles.